The van der Waals surface area contributed by atoms with Crippen LogP contribution in [0.5, 0.6) is 11.5 Å². The second kappa shape index (κ2) is 8.74. The van der Waals surface area contributed by atoms with Crippen molar-refractivity contribution in [2.75, 3.05) is 30.3 Å². The van der Waals surface area contributed by atoms with E-state index in [2.05, 4.69) is 10.5 Å². The second-order valence-corrected chi connectivity index (χ2v) is 9.01. The van der Waals surface area contributed by atoms with E-state index in [-0.39, 0.29) is 6.54 Å². The Morgan fingerprint density at radius 3 is 2.37 bits per heavy atom. The minimum absolute atomic E-state index is 0.373. The second-order valence-electron chi connectivity index (χ2n) is 7.10. The molecule has 1 heterocycles. The van der Waals surface area contributed by atoms with Gasteiger partial charge in [0.05, 0.1) is 17.7 Å². The van der Waals surface area contributed by atoms with Gasteiger partial charge in [0.2, 0.25) is 10.0 Å². The van der Waals surface area contributed by atoms with Gasteiger partial charge in [-0.2, -0.15) is 5.10 Å². The lowest BCUT2D eigenvalue weighted by Crippen LogP contribution is -2.40. The van der Waals surface area contributed by atoms with Gasteiger partial charge in [-0.15, -0.1) is 0 Å². The molecule has 0 fully saturated rings. The SMILES string of the molecule is C/C(=N/NC(=O)CN(c1c(C)cccc1C)S(C)(=O)=O)c1ccc2c(c1)OCCO2. The number of para-hydroxylation sites is 1. The lowest BCUT2D eigenvalue weighted by Gasteiger charge is -2.25. The van der Waals surface area contributed by atoms with E-state index in [4.69, 9.17) is 9.47 Å². The standard InChI is InChI=1S/C21H25N3O5S/c1-14-6-5-7-15(2)21(14)24(30(4,26)27)13-20(25)23-22-16(3)17-8-9-18-19(12-17)29-11-10-28-18/h5-9,12H,10-11,13H2,1-4H3,(H,23,25)/b22-16-. The molecule has 0 spiro atoms. The average Bonchev–Trinajstić information content (AvgIpc) is 2.70. The molecule has 8 nitrogen and oxygen atoms in total. The van der Waals surface area contributed by atoms with Gasteiger partial charge in [0.1, 0.15) is 19.8 Å². The highest BCUT2D eigenvalue weighted by Gasteiger charge is 2.23. The van der Waals surface area contributed by atoms with Gasteiger partial charge < -0.3 is 9.47 Å². The van der Waals surface area contributed by atoms with Crippen molar-refractivity contribution in [2.24, 2.45) is 5.10 Å². The number of amides is 1. The largest absolute Gasteiger partial charge is 0.486 e. The molecule has 1 N–H and O–H groups in total. The Morgan fingerprint density at radius 2 is 1.73 bits per heavy atom. The van der Waals surface area contributed by atoms with Gasteiger partial charge in [0, 0.05) is 5.56 Å². The van der Waals surface area contributed by atoms with Crippen molar-refractivity contribution in [3.8, 4) is 11.5 Å². The number of carbonyl (C=O) groups excluding carboxylic acids is 1. The summed E-state index contributed by atoms with van der Waals surface area (Å²) in [5.41, 5.74) is 5.79. The monoisotopic (exact) mass is 431 g/mol. The van der Waals surface area contributed by atoms with E-state index in [1.807, 2.05) is 38.1 Å². The fourth-order valence-corrected chi connectivity index (χ4v) is 4.18. The predicted molar refractivity (Wildman–Crippen MR) is 116 cm³/mol. The van der Waals surface area contributed by atoms with E-state index in [0.717, 1.165) is 27.3 Å². The number of rotatable bonds is 6. The summed E-state index contributed by atoms with van der Waals surface area (Å²) in [4.78, 5) is 12.5. The summed E-state index contributed by atoms with van der Waals surface area (Å²) in [7, 11) is -3.67. The number of ether oxygens (including phenoxy) is 2. The molecule has 0 aliphatic carbocycles. The topological polar surface area (TPSA) is 97.3 Å². The van der Waals surface area contributed by atoms with Crippen molar-refractivity contribution in [1.82, 2.24) is 5.43 Å². The fraction of sp³-hybridized carbons (Fsp3) is 0.333. The Labute approximate surface area is 176 Å². The third kappa shape index (κ3) is 4.91. The minimum atomic E-state index is -3.67. The van der Waals surface area contributed by atoms with Gasteiger partial charge in [-0.1, -0.05) is 18.2 Å². The van der Waals surface area contributed by atoms with Crippen LogP contribution in [0, 0.1) is 13.8 Å². The number of carbonyl (C=O) groups is 1. The highest BCUT2D eigenvalue weighted by Crippen LogP contribution is 2.31. The molecule has 2 aromatic carbocycles. The maximum absolute atomic E-state index is 12.5. The maximum Gasteiger partial charge on any atom is 0.260 e. The van der Waals surface area contributed by atoms with Crippen LogP contribution in [-0.4, -0.2) is 46.1 Å². The van der Waals surface area contributed by atoms with E-state index < -0.39 is 15.9 Å². The molecule has 30 heavy (non-hydrogen) atoms. The minimum Gasteiger partial charge on any atom is -0.486 e. The van der Waals surface area contributed by atoms with Gasteiger partial charge in [-0.05, 0) is 50.1 Å². The molecule has 0 aromatic heterocycles. The summed E-state index contributed by atoms with van der Waals surface area (Å²) in [6.45, 7) is 5.97. The number of nitrogens with one attached hydrogen (secondary N) is 1. The van der Waals surface area contributed by atoms with Crippen LogP contribution >= 0.6 is 0 Å². The molecular weight excluding hydrogens is 406 g/mol. The number of anilines is 1. The van der Waals surface area contributed by atoms with Crippen LogP contribution < -0.4 is 19.2 Å². The van der Waals surface area contributed by atoms with E-state index in [9.17, 15) is 13.2 Å². The highest BCUT2D eigenvalue weighted by atomic mass is 32.2. The van der Waals surface area contributed by atoms with Gasteiger partial charge in [-0.25, -0.2) is 13.8 Å². The molecule has 9 heteroatoms. The van der Waals surface area contributed by atoms with E-state index >= 15 is 0 Å². The third-order valence-electron chi connectivity index (χ3n) is 4.68. The molecule has 2 aromatic rings. The van der Waals surface area contributed by atoms with Crippen LogP contribution in [0.4, 0.5) is 5.69 Å². The van der Waals surface area contributed by atoms with E-state index in [1.54, 1.807) is 19.1 Å². The third-order valence-corrected chi connectivity index (χ3v) is 5.80. The molecule has 0 unspecified atom stereocenters. The number of aryl methyl sites for hydroxylation is 2. The Hall–Kier alpha value is -3.07. The van der Waals surface area contributed by atoms with E-state index in [1.165, 1.54) is 0 Å². The maximum atomic E-state index is 12.5. The molecule has 1 aliphatic heterocycles. The van der Waals surface area contributed by atoms with Crippen molar-refractivity contribution >= 4 is 27.3 Å². The Kier molecular flexibility index (Phi) is 6.31. The first-order chi connectivity index (χ1) is 14.2. The van der Waals surface area contributed by atoms with Crippen LogP contribution in [0.15, 0.2) is 41.5 Å². The number of hydrazone groups is 1. The number of nitrogens with zero attached hydrogens (tertiary/aromatic N) is 2. The Bertz CT molecular complexity index is 1080. The van der Waals surface area contributed by atoms with Crippen molar-refractivity contribution in [1.29, 1.82) is 0 Å². The van der Waals surface area contributed by atoms with Crippen molar-refractivity contribution in [3.05, 3.63) is 53.1 Å². The molecule has 0 saturated heterocycles. The van der Waals surface area contributed by atoms with Gasteiger partial charge in [0.25, 0.3) is 5.91 Å². The van der Waals surface area contributed by atoms with Crippen LogP contribution in [0.25, 0.3) is 0 Å². The molecule has 0 radical (unpaired) electrons. The quantitative estimate of drug-likeness (QED) is 0.559. The number of hydrogen-bond donors (Lipinski definition) is 1. The van der Waals surface area contributed by atoms with Crippen molar-refractivity contribution in [2.45, 2.75) is 20.8 Å². The van der Waals surface area contributed by atoms with Crippen LogP contribution in [0.3, 0.4) is 0 Å². The normalized spacial score (nSPS) is 13.7. The first-order valence-electron chi connectivity index (χ1n) is 9.44. The summed E-state index contributed by atoms with van der Waals surface area (Å²) in [5, 5.41) is 4.12. The molecule has 160 valence electrons. The number of benzene rings is 2. The molecule has 3 rings (SSSR count). The van der Waals surface area contributed by atoms with Crippen LogP contribution in [-0.2, 0) is 14.8 Å². The molecule has 0 saturated carbocycles. The molecule has 1 amide bonds. The highest BCUT2D eigenvalue weighted by molar-refractivity contribution is 7.92. The molecular formula is C21H25N3O5S. The first-order valence-corrected chi connectivity index (χ1v) is 11.3. The smallest absolute Gasteiger partial charge is 0.260 e. The summed E-state index contributed by atoms with van der Waals surface area (Å²) in [6.07, 6.45) is 1.08. The van der Waals surface area contributed by atoms with E-state index in [0.29, 0.717) is 36.1 Å². The van der Waals surface area contributed by atoms with Gasteiger partial charge in [-0.3, -0.25) is 9.10 Å². The average molecular weight is 432 g/mol. The summed E-state index contributed by atoms with van der Waals surface area (Å²) in [5.74, 6) is 0.747. The number of fused-ring (bicyclic) bond motifs is 1. The lowest BCUT2D eigenvalue weighted by molar-refractivity contribution is -0.119. The van der Waals surface area contributed by atoms with Crippen LogP contribution in [0.2, 0.25) is 0 Å². The molecule has 0 atom stereocenters. The van der Waals surface area contributed by atoms with Crippen LogP contribution in [0.1, 0.15) is 23.6 Å². The number of sulfonamides is 1. The van der Waals surface area contributed by atoms with Gasteiger partial charge in [0.15, 0.2) is 11.5 Å². The molecule has 0 bridgehead atoms. The Balaban J connectivity index is 1.76. The summed E-state index contributed by atoms with van der Waals surface area (Å²) >= 11 is 0. The zero-order valence-electron chi connectivity index (χ0n) is 17.4. The summed E-state index contributed by atoms with van der Waals surface area (Å²) in [6, 6.07) is 10.9. The Morgan fingerprint density at radius 1 is 1.10 bits per heavy atom. The number of hydrogen-bond acceptors (Lipinski definition) is 6. The van der Waals surface area contributed by atoms with Gasteiger partial charge >= 0.3 is 0 Å². The zero-order valence-corrected chi connectivity index (χ0v) is 18.2. The van der Waals surface area contributed by atoms with Crippen molar-refractivity contribution in [3.63, 3.8) is 0 Å². The lowest BCUT2D eigenvalue weighted by atomic mass is 10.1. The fourth-order valence-electron chi connectivity index (χ4n) is 3.21. The summed E-state index contributed by atoms with van der Waals surface area (Å²) < 4.78 is 36.9. The van der Waals surface area contributed by atoms with Crippen molar-refractivity contribution < 1.29 is 22.7 Å². The zero-order chi connectivity index (χ0) is 21.9. The predicted octanol–water partition coefficient (Wildman–Crippen LogP) is 2.38. The molecule has 1 aliphatic rings. The first kappa shape index (κ1) is 21.6.